The molecule has 3 rings (SSSR count). The second-order valence-corrected chi connectivity index (χ2v) is 6.37. The Labute approximate surface area is 163 Å². The summed E-state index contributed by atoms with van der Waals surface area (Å²) in [5.74, 6) is 0.103. The molecule has 27 heavy (non-hydrogen) atoms. The number of guanidine groups is 1. The summed E-state index contributed by atoms with van der Waals surface area (Å²) < 4.78 is 0. The van der Waals surface area contributed by atoms with Crippen LogP contribution in [-0.4, -0.2) is 16.9 Å². The van der Waals surface area contributed by atoms with E-state index in [2.05, 4.69) is 20.6 Å². The number of benzene rings is 2. The molecule has 0 spiro atoms. The van der Waals surface area contributed by atoms with Gasteiger partial charge in [-0.05, 0) is 48.4 Å². The molecule has 1 heterocycles. The van der Waals surface area contributed by atoms with Gasteiger partial charge in [0.15, 0.2) is 0 Å². The van der Waals surface area contributed by atoms with Gasteiger partial charge in [-0.2, -0.15) is 0 Å². The van der Waals surface area contributed by atoms with Gasteiger partial charge in [-0.1, -0.05) is 41.9 Å². The molecular weight excluding hydrogens is 360 g/mol. The Hall–Kier alpha value is -3.18. The number of nitrogens with zero attached hydrogens (tertiary/aromatic N) is 2. The quantitative estimate of drug-likeness (QED) is 0.521. The third-order valence-corrected chi connectivity index (χ3v) is 4.10. The zero-order chi connectivity index (χ0) is 19.1. The number of hydrogen-bond acceptors (Lipinski definition) is 3. The van der Waals surface area contributed by atoms with Crippen LogP contribution in [0.3, 0.4) is 0 Å². The smallest absolute Gasteiger partial charge is 0.257 e. The molecule has 0 bridgehead atoms. The lowest BCUT2D eigenvalue weighted by Gasteiger charge is -2.14. The molecule has 2 N–H and O–H groups in total. The molecule has 0 fully saturated rings. The topological polar surface area (TPSA) is 66.4 Å². The maximum absolute atomic E-state index is 12.5. The van der Waals surface area contributed by atoms with Gasteiger partial charge < -0.3 is 5.32 Å². The number of amides is 1. The summed E-state index contributed by atoms with van der Waals surface area (Å²) in [5.41, 5.74) is 3.26. The molecule has 0 aliphatic heterocycles. The van der Waals surface area contributed by atoms with Crippen molar-refractivity contribution in [2.24, 2.45) is 4.99 Å². The van der Waals surface area contributed by atoms with E-state index in [-0.39, 0.29) is 5.91 Å². The largest absolute Gasteiger partial charge is 0.326 e. The van der Waals surface area contributed by atoms with Gasteiger partial charge >= 0.3 is 0 Å². The first-order valence-electron chi connectivity index (χ1n) is 8.45. The highest BCUT2D eigenvalue weighted by atomic mass is 35.5. The van der Waals surface area contributed by atoms with E-state index in [1.165, 1.54) is 0 Å². The molecular formula is C21H19ClN4O. The van der Waals surface area contributed by atoms with Crippen LogP contribution in [0.4, 0.5) is 5.69 Å². The third-order valence-electron chi connectivity index (χ3n) is 3.86. The van der Waals surface area contributed by atoms with Crippen molar-refractivity contribution >= 4 is 29.2 Å². The van der Waals surface area contributed by atoms with Gasteiger partial charge in [0.2, 0.25) is 5.96 Å². The van der Waals surface area contributed by atoms with Crippen LogP contribution in [0.25, 0.3) is 0 Å². The number of hydrogen-bond donors (Lipinski definition) is 2. The average molecular weight is 379 g/mol. The molecule has 2 aromatic carbocycles. The fourth-order valence-electron chi connectivity index (χ4n) is 2.40. The lowest BCUT2D eigenvalue weighted by atomic mass is 10.2. The lowest BCUT2D eigenvalue weighted by Crippen LogP contribution is -2.36. The summed E-state index contributed by atoms with van der Waals surface area (Å²) >= 11 is 6.10. The summed E-state index contributed by atoms with van der Waals surface area (Å²) in [7, 11) is 0. The predicted molar refractivity (Wildman–Crippen MR) is 109 cm³/mol. The van der Waals surface area contributed by atoms with Gasteiger partial charge in [0.05, 0.1) is 6.54 Å². The van der Waals surface area contributed by atoms with Gasteiger partial charge in [0, 0.05) is 28.7 Å². The first kappa shape index (κ1) is 18.6. The van der Waals surface area contributed by atoms with Crippen molar-refractivity contribution < 1.29 is 4.79 Å². The highest BCUT2D eigenvalue weighted by Gasteiger charge is 2.10. The van der Waals surface area contributed by atoms with E-state index < -0.39 is 0 Å². The van der Waals surface area contributed by atoms with Crippen molar-refractivity contribution in [3.05, 3.63) is 94.8 Å². The van der Waals surface area contributed by atoms with Crippen molar-refractivity contribution in [1.29, 1.82) is 0 Å². The fourth-order valence-corrected chi connectivity index (χ4v) is 2.57. The Balaban J connectivity index is 1.83. The predicted octanol–water partition coefficient (Wildman–Crippen LogP) is 4.44. The minimum Gasteiger partial charge on any atom is -0.326 e. The molecule has 0 aliphatic carbocycles. The van der Waals surface area contributed by atoms with E-state index in [0.29, 0.717) is 23.1 Å². The molecule has 3 aromatic rings. The van der Waals surface area contributed by atoms with Gasteiger partial charge in [-0.3, -0.25) is 15.1 Å². The molecule has 0 atom stereocenters. The molecule has 0 saturated carbocycles. The van der Waals surface area contributed by atoms with Crippen molar-refractivity contribution in [3.8, 4) is 0 Å². The lowest BCUT2D eigenvalue weighted by molar-refractivity contribution is 0.0977. The van der Waals surface area contributed by atoms with Gasteiger partial charge in [-0.15, -0.1) is 0 Å². The number of halogens is 1. The van der Waals surface area contributed by atoms with Crippen LogP contribution in [-0.2, 0) is 6.54 Å². The maximum Gasteiger partial charge on any atom is 0.257 e. The Bertz CT molecular complexity index is 943. The molecule has 5 nitrogen and oxygen atoms in total. The normalized spacial score (nSPS) is 11.1. The molecule has 0 saturated heterocycles. The zero-order valence-corrected chi connectivity index (χ0v) is 15.6. The van der Waals surface area contributed by atoms with Gasteiger partial charge in [0.25, 0.3) is 5.91 Å². The number of aromatic nitrogens is 1. The van der Waals surface area contributed by atoms with Crippen LogP contribution in [0.15, 0.2) is 78.0 Å². The van der Waals surface area contributed by atoms with Crippen molar-refractivity contribution in [2.75, 3.05) is 5.32 Å². The number of pyridine rings is 1. The number of carbonyl (C=O) groups excluding carboxylic acids is 1. The van der Waals surface area contributed by atoms with Crippen LogP contribution in [0.1, 0.15) is 21.5 Å². The van der Waals surface area contributed by atoms with Crippen molar-refractivity contribution in [2.45, 2.75) is 13.5 Å². The standard InChI is InChI=1S/C21H19ClN4O/c1-15-9-10-18(22)12-19(15)25-21(24-14-16-6-5-11-23-13-16)26-20(27)17-7-3-2-4-8-17/h2-13H,14H2,1H3,(H2,24,25,26,27). The first-order valence-corrected chi connectivity index (χ1v) is 8.82. The zero-order valence-electron chi connectivity index (χ0n) is 14.8. The molecule has 6 heteroatoms. The van der Waals surface area contributed by atoms with E-state index in [9.17, 15) is 4.79 Å². The Morgan fingerprint density at radius 1 is 1.11 bits per heavy atom. The molecule has 1 aromatic heterocycles. The molecule has 1 amide bonds. The number of carbonyl (C=O) groups is 1. The van der Waals surface area contributed by atoms with Crippen molar-refractivity contribution in [1.82, 2.24) is 10.3 Å². The van der Waals surface area contributed by atoms with E-state index in [4.69, 9.17) is 11.6 Å². The SMILES string of the molecule is Cc1ccc(Cl)cc1NC(=NCc1cccnc1)NC(=O)c1ccccc1. The van der Waals surface area contributed by atoms with Gasteiger partial charge in [-0.25, -0.2) is 4.99 Å². The number of aliphatic imine (C=N–C) groups is 1. The summed E-state index contributed by atoms with van der Waals surface area (Å²) in [6.45, 7) is 2.33. The Kier molecular flexibility index (Phi) is 6.18. The highest BCUT2D eigenvalue weighted by molar-refractivity contribution is 6.31. The first-order chi connectivity index (χ1) is 13.1. The number of anilines is 1. The minimum atomic E-state index is -0.243. The van der Waals surface area contributed by atoms with E-state index in [1.807, 2.05) is 49.4 Å². The van der Waals surface area contributed by atoms with Gasteiger partial charge in [0.1, 0.15) is 0 Å². The summed E-state index contributed by atoms with van der Waals surface area (Å²) in [5, 5.41) is 6.61. The van der Waals surface area contributed by atoms with Crippen LogP contribution < -0.4 is 10.6 Å². The van der Waals surface area contributed by atoms with E-state index >= 15 is 0 Å². The fraction of sp³-hybridized carbons (Fsp3) is 0.0952. The van der Waals surface area contributed by atoms with Crippen LogP contribution in [0.5, 0.6) is 0 Å². The maximum atomic E-state index is 12.5. The van der Waals surface area contributed by atoms with Crippen LogP contribution in [0.2, 0.25) is 5.02 Å². The minimum absolute atomic E-state index is 0.243. The van der Waals surface area contributed by atoms with E-state index in [0.717, 1.165) is 16.8 Å². The number of rotatable bonds is 4. The molecule has 0 aliphatic rings. The van der Waals surface area contributed by atoms with Crippen LogP contribution in [0, 0.1) is 6.92 Å². The highest BCUT2D eigenvalue weighted by Crippen LogP contribution is 2.20. The Morgan fingerprint density at radius 2 is 1.93 bits per heavy atom. The molecule has 136 valence electrons. The average Bonchev–Trinajstić information content (AvgIpc) is 2.70. The van der Waals surface area contributed by atoms with Crippen LogP contribution >= 0.6 is 11.6 Å². The summed E-state index contributed by atoms with van der Waals surface area (Å²) in [6.07, 6.45) is 3.45. The van der Waals surface area contributed by atoms with Crippen molar-refractivity contribution in [3.63, 3.8) is 0 Å². The summed E-state index contributed by atoms with van der Waals surface area (Å²) in [6, 6.07) is 18.3. The number of aryl methyl sites for hydroxylation is 1. The second kappa shape index (κ2) is 8.96. The third kappa shape index (κ3) is 5.39. The Morgan fingerprint density at radius 3 is 2.67 bits per heavy atom. The second-order valence-electron chi connectivity index (χ2n) is 5.93. The molecule has 0 unspecified atom stereocenters. The number of nitrogens with one attached hydrogen (secondary N) is 2. The monoisotopic (exact) mass is 378 g/mol. The summed E-state index contributed by atoms with van der Waals surface area (Å²) in [4.78, 5) is 21.1. The molecule has 0 radical (unpaired) electrons. The van der Waals surface area contributed by atoms with E-state index in [1.54, 1.807) is 30.6 Å².